The van der Waals surface area contributed by atoms with E-state index in [1.54, 1.807) is 40.1 Å². The first kappa shape index (κ1) is 22.8. The van der Waals surface area contributed by atoms with E-state index in [-0.39, 0.29) is 30.4 Å². The van der Waals surface area contributed by atoms with Gasteiger partial charge in [-0.15, -0.1) is 0 Å². The quantitative estimate of drug-likeness (QED) is 0.634. The zero-order valence-electron chi connectivity index (χ0n) is 17.9. The van der Waals surface area contributed by atoms with Crippen molar-refractivity contribution in [2.75, 3.05) is 33.3 Å². The Hall–Kier alpha value is -2.86. The standard InChI is InChI=1S/C24H27ClN2O4/c1-17-4-6-18(7-5-17)21(28)9-11-23(29)26-12-3-13-27(15-14-26)24(30)20-16-19(25)8-10-22(20)31-2/h4-8,10,16H,3,9,11-15H2,1-2H3. The Morgan fingerprint density at radius 1 is 0.935 bits per heavy atom. The van der Waals surface area contributed by atoms with E-state index in [0.717, 1.165) is 5.56 Å². The lowest BCUT2D eigenvalue weighted by atomic mass is 10.0. The fraction of sp³-hybridized carbons (Fsp3) is 0.375. The van der Waals surface area contributed by atoms with Gasteiger partial charge in [-0.25, -0.2) is 0 Å². The summed E-state index contributed by atoms with van der Waals surface area (Å²) in [4.78, 5) is 41.5. The average molecular weight is 443 g/mol. The van der Waals surface area contributed by atoms with Crippen LogP contribution in [0.5, 0.6) is 5.75 Å². The van der Waals surface area contributed by atoms with Gasteiger partial charge in [0.05, 0.1) is 12.7 Å². The number of halogens is 1. The molecule has 31 heavy (non-hydrogen) atoms. The van der Waals surface area contributed by atoms with Crippen molar-refractivity contribution in [3.8, 4) is 5.75 Å². The van der Waals surface area contributed by atoms with Crippen molar-refractivity contribution in [2.45, 2.75) is 26.2 Å². The molecule has 2 aromatic rings. The van der Waals surface area contributed by atoms with E-state index in [9.17, 15) is 14.4 Å². The second-order valence-electron chi connectivity index (χ2n) is 7.66. The number of hydrogen-bond donors (Lipinski definition) is 0. The third kappa shape index (κ3) is 5.85. The molecule has 1 aliphatic rings. The van der Waals surface area contributed by atoms with E-state index < -0.39 is 0 Å². The van der Waals surface area contributed by atoms with E-state index in [1.165, 1.54) is 7.11 Å². The second-order valence-corrected chi connectivity index (χ2v) is 8.10. The molecule has 2 amide bonds. The van der Waals surface area contributed by atoms with Crippen LogP contribution in [0.15, 0.2) is 42.5 Å². The Kier molecular flexibility index (Phi) is 7.69. The summed E-state index contributed by atoms with van der Waals surface area (Å²) >= 11 is 6.06. The number of aryl methyl sites for hydroxylation is 1. The number of ketones is 1. The molecule has 164 valence electrons. The molecule has 7 heteroatoms. The Balaban J connectivity index is 1.56. The van der Waals surface area contributed by atoms with Crippen LogP contribution in [0.2, 0.25) is 5.02 Å². The molecule has 1 aliphatic heterocycles. The van der Waals surface area contributed by atoms with Gasteiger partial charge in [-0.3, -0.25) is 14.4 Å². The van der Waals surface area contributed by atoms with Crippen molar-refractivity contribution in [1.82, 2.24) is 9.80 Å². The third-order valence-corrected chi connectivity index (χ3v) is 5.70. The van der Waals surface area contributed by atoms with Crippen LogP contribution in [0.25, 0.3) is 0 Å². The number of carbonyl (C=O) groups excluding carboxylic acids is 3. The Morgan fingerprint density at radius 2 is 1.61 bits per heavy atom. The molecule has 1 fully saturated rings. The van der Waals surface area contributed by atoms with Crippen LogP contribution in [0.1, 0.15) is 45.5 Å². The highest BCUT2D eigenvalue weighted by Gasteiger charge is 2.25. The van der Waals surface area contributed by atoms with Gasteiger partial charge in [0.2, 0.25) is 5.91 Å². The van der Waals surface area contributed by atoms with Gasteiger partial charge in [0.1, 0.15) is 5.75 Å². The number of rotatable bonds is 6. The molecule has 0 N–H and O–H groups in total. The van der Waals surface area contributed by atoms with Gasteiger partial charge >= 0.3 is 0 Å². The number of benzene rings is 2. The zero-order valence-corrected chi connectivity index (χ0v) is 18.7. The van der Waals surface area contributed by atoms with E-state index in [1.807, 2.05) is 19.1 Å². The normalized spacial score (nSPS) is 14.2. The molecular formula is C24H27ClN2O4. The van der Waals surface area contributed by atoms with Gasteiger partial charge in [0.15, 0.2) is 5.78 Å². The summed E-state index contributed by atoms with van der Waals surface area (Å²) in [6.45, 7) is 3.93. The summed E-state index contributed by atoms with van der Waals surface area (Å²) in [6, 6.07) is 12.3. The lowest BCUT2D eigenvalue weighted by Crippen LogP contribution is -2.37. The van der Waals surface area contributed by atoms with Crippen molar-refractivity contribution in [3.05, 3.63) is 64.2 Å². The highest BCUT2D eigenvalue weighted by molar-refractivity contribution is 6.31. The predicted octanol–water partition coefficient (Wildman–Crippen LogP) is 3.99. The molecule has 0 unspecified atom stereocenters. The Bertz CT molecular complexity index is 959. The fourth-order valence-electron chi connectivity index (χ4n) is 3.65. The molecule has 1 heterocycles. The molecule has 1 saturated heterocycles. The summed E-state index contributed by atoms with van der Waals surface area (Å²) in [5, 5.41) is 0.467. The van der Waals surface area contributed by atoms with Crippen LogP contribution in [0, 0.1) is 6.92 Å². The summed E-state index contributed by atoms with van der Waals surface area (Å²) in [5.41, 5.74) is 2.13. The van der Waals surface area contributed by atoms with Crippen LogP contribution < -0.4 is 4.74 Å². The van der Waals surface area contributed by atoms with Gasteiger partial charge in [-0.2, -0.15) is 0 Å². The molecule has 3 rings (SSSR count). The molecule has 6 nitrogen and oxygen atoms in total. The van der Waals surface area contributed by atoms with Crippen LogP contribution in [0.4, 0.5) is 0 Å². The summed E-state index contributed by atoms with van der Waals surface area (Å²) < 4.78 is 5.30. The molecule has 0 saturated carbocycles. The molecular weight excluding hydrogens is 416 g/mol. The van der Waals surface area contributed by atoms with Crippen molar-refractivity contribution < 1.29 is 19.1 Å². The van der Waals surface area contributed by atoms with Crippen LogP contribution in [-0.4, -0.2) is 60.7 Å². The smallest absolute Gasteiger partial charge is 0.257 e. The Morgan fingerprint density at radius 3 is 2.32 bits per heavy atom. The second kappa shape index (κ2) is 10.4. The van der Waals surface area contributed by atoms with Crippen molar-refractivity contribution in [1.29, 1.82) is 0 Å². The number of carbonyl (C=O) groups is 3. The maximum atomic E-state index is 13.0. The first-order chi connectivity index (χ1) is 14.9. The van der Waals surface area contributed by atoms with Gasteiger partial charge < -0.3 is 14.5 Å². The molecule has 2 aromatic carbocycles. The van der Waals surface area contributed by atoms with Gasteiger partial charge in [0.25, 0.3) is 5.91 Å². The van der Waals surface area contributed by atoms with Crippen molar-refractivity contribution in [3.63, 3.8) is 0 Å². The molecule has 0 atom stereocenters. The maximum absolute atomic E-state index is 13.0. The summed E-state index contributed by atoms with van der Waals surface area (Å²) in [6.07, 6.45) is 1.02. The minimum absolute atomic E-state index is 0.0342. The topological polar surface area (TPSA) is 66.9 Å². The first-order valence-corrected chi connectivity index (χ1v) is 10.8. The monoisotopic (exact) mass is 442 g/mol. The van der Waals surface area contributed by atoms with Gasteiger partial charge in [0, 0.05) is 49.6 Å². The van der Waals surface area contributed by atoms with Crippen molar-refractivity contribution in [2.24, 2.45) is 0 Å². The highest BCUT2D eigenvalue weighted by Crippen LogP contribution is 2.24. The first-order valence-electron chi connectivity index (χ1n) is 10.4. The molecule has 0 aromatic heterocycles. The summed E-state index contributed by atoms with van der Waals surface area (Å²) in [7, 11) is 1.51. The molecule has 0 spiro atoms. The number of nitrogens with zero attached hydrogens (tertiary/aromatic N) is 2. The zero-order chi connectivity index (χ0) is 22.4. The maximum Gasteiger partial charge on any atom is 0.257 e. The predicted molar refractivity (Wildman–Crippen MR) is 120 cm³/mol. The lowest BCUT2D eigenvalue weighted by molar-refractivity contribution is -0.131. The molecule has 0 bridgehead atoms. The third-order valence-electron chi connectivity index (χ3n) is 5.47. The minimum Gasteiger partial charge on any atom is -0.496 e. The number of amides is 2. The molecule has 0 aliphatic carbocycles. The SMILES string of the molecule is COc1ccc(Cl)cc1C(=O)N1CCCN(C(=O)CCC(=O)c2ccc(C)cc2)CC1. The van der Waals surface area contributed by atoms with Gasteiger partial charge in [-0.05, 0) is 31.5 Å². The van der Waals surface area contributed by atoms with Crippen molar-refractivity contribution >= 4 is 29.2 Å². The van der Waals surface area contributed by atoms with Gasteiger partial charge in [-0.1, -0.05) is 41.4 Å². The van der Waals surface area contributed by atoms with Crippen LogP contribution in [0.3, 0.4) is 0 Å². The number of hydrogen-bond acceptors (Lipinski definition) is 4. The fourth-order valence-corrected chi connectivity index (χ4v) is 3.82. The molecule has 0 radical (unpaired) electrons. The van der Waals surface area contributed by atoms with Crippen LogP contribution in [-0.2, 0) is 4.79 Å². The lowest BCUT2D eigenvalue weighted by Gasteiger charge is -2.23. The van der Waals surface area contributed by atoms with E-state index in [4.69, 9.17) is 16.3 Å². The van der Waals surface area contributed by atoms with E-state index in [0.29, 0.717) is 54.5 Å². The Labute approximate surface area is 187 Å². The minimum atomic E-state index is -0.164. The van der Waals surface area contributed by atoms with E-state index in [2.05, 4.69) is 0 Å². The highest BCUT2D eigenvalue weighted by atomic mass is 35.5. The number of methoxy groups -OCH3 is 1. The number of Topliss-reactive ketones (excluding diaryl/α,β-unsaturated/α-hetero) is 1. The van der Waals surface area contributed by atoms with Crippen LogP contribution >= 0.6 is 11.6 Å². The largest absolute Gasteiger partial charge is 0.496 e. The van der Waals surface area contributed by atoms with E-state index >= 15 is 0 Å². The number of ether oxygens (including phenoxy) is 1. The average Bonchev–Trinajstić information content (AvgIpc) is 3.03. The summed E-state index contributed by atoms with van der Waals surface area (Å²) in [5.74, 6) is 0.215.